The van der Waals surface area contributed by atoms with Gasteiger partial charge in [-0.2, -0.15) is 5.10 Å². The van der Waals surface area contributed by atoms with Gasteiger partial charge in [0.05, 0.1) is 0 Å². The van der Waals surface area contributed by atoms with Crippen LogP contribution in [0.1, 0.15) is 37.2 Å². The molecule has 0 aliphatic heterocycles. The Kier molecular flexibility index (Phi) is 3.81. The van der Waals surface area contributed by atoms with Gasteiger partial charge in [-0.1, -0.05) is 38.1 Å². The summed E-state index contributed by atoms with van der Waals surface area (Å²) in [6, 6.07) is 8.64. The molecule has 1 aromatic carbocycles. The third-order valence-corrected chi connectivity index (χ3v) is 4.30. The van der Waals surface area contributed by atoms with Crippen LogP contribution in [0.2, 0.25) is 0 Å². The average Bonchev–Trinajstić information content (AvgIpc) is 2.84. The molecule has 1 aliphatic rings. The van der Waals surface area contributed by atoms with Crippen molar-refractivity contribution in [1.82, 2.24) is 14.8 Å². The Balaban J connectivity index is 1.78. The topological polar surface area (TPSA) is 56.7 Å². The third-order valence-electron chi connectivity index (χ3n) is 4.30. The number of nitrogens with zero attached hydrogens (tertiary/aromatic N) is 3. The van der Waals surface area contributed by atoms with Crippen LogP contribution in [0.4, 0.5) is 0 Å². The number of hydrogen-bond donors (Lipinski definition) is 1. The zero-order valence-corrected chi connectivity index (χ0v) is 12.9. The number of hydrogen-bond acceptors (Lipinski definition) is 3. The smallest absolute Gasteiger partial charge is 0.138 e. The van der Waals surface area contributed by atoms with E-state index < -0.39 is 0 Å². The number of nitrogens with two attached hydrogens (primary N) is 1. The van der Waals surface area contributed by atoms with Gasteiger partial charge in [-0.05, 0) is 36.3 Å². The van der Waals surface area contributed by atoms with Gasteiger partial charge in [-0.15, -0.1) is 0 Å². The van der Waals surface area contributed by atoms with E-state index in [2.05, 4.69) is 48.2 Å². The third kappa shape index (κ3) is 3.16. The van der Waals surface area contributed by atoms with Crippen molar-refractivity contribution in [3.05, 3.63) is 47.5 Å². The van der Waals surface area contributed by atoms with Gasteiger partial charge in [0.15, 0.2) is 0 Å². The Morgan fingerprint density at radius 3 is 2.81 bits per heavy atom. The maximum atomic E-state index is 6.68. The lowest BCUT2D eigenvalue weighted by atomic mass is 9.76. The zero-order valence-electron chi connectivity index (χ0n) is 12.9. The Bertz CT molecular complexity index is 617. The fraction of sp³-hybridized carbons (Fsp3) is 0.529. The van der Waals surface area contributed by atoms with Crippen molar-refractivity contribution >= 4 is 0 Å². The summed E-state index contributed by atoms with van der Waals surface area (Å²) in [6.07, 6.45) is 5.45. The number of aryl methyl sites for hydroxylation is 1. The van der Waals surface area contributed by atoms with Gasteiger partial charge >= 0.3 is 0 Å². The molecule has 1 unspecified atom stereocenters. The van der Waals surface area contributed by atoms with Crippen LogP contribution < -0.4 is 5.73 Å². The minimum absolute atomic E-state index is 0.198. The minimum Gasteiger partial charge on any atom is -0.324 e. The summed E-state index contributed by atoms with van der Waals surface area (Å²) in [5, 5.41) is 4.35. The number of aromatic nitrogens is 3. The predicted octanol–water partition coefficient (Wildman–Crippen LogP) is 2.36. The van der Waals surface area contributed by atoms with E-state index in [1.165, 1.54) is 11.1 Å². The quantitative estimate of drug-likeness (QED) is 0.937. The zero-order chi connectivity index (χ0) is 14.9. The van der Waals surface area contributed by atoms with E-state index in [-0.39, 0.29) is 5.54 Å². The summed E-state index contributed by atoms with van der Waals surface area (Å²) < 4.78 is 2.01. The first-order valence-electron chi connectivity index (χ1n) is 7.78. The van der Waals surface area contributed by atoms with E-state index in [0.29, 0.717) is 5.92 Å². The van der Waals surface area contributed by atoms with Gasteiger partial charge in [0, 0.05) is 18.5 Å². The van der Waals surface area contributed by atoms with Crippen LogP contribution in [0.15, 0.2) is 30.6 Å². The Hall–Kier alpha value is -1.68. The summed E-state index contributed by atoms with van der Waals surface area (Å²) in [7, 11) is 0. The second kappa shape index (κ2) is 5.60. The molecule has 0 amide bonds. The summed E-state index contributed by atoms with van der Waals surface area (Å²) in [6.45, 7) is 5.29. The van der Waals surface area contributed by atoms with Gasteiger partial charge in [0.2, 0.25) is 0 Å². The lowest BCUT2D eigenvalue weighted by molar-refractivity contribution is 0.348. The lowest BCUT2D eigenvalue weighted by Gasteiger charge is -2.34. The molecule has 0 spiro atoms. The first-order chi connectivity index (χ1) is 10.1. The van der Waals surface area contributed by atoms with Crippen LogP contribution in [0.5, 0.6) is 0 Å². The van der Waals surface area contributed by atoms with Crippen LogP contribution in [0.25, 0.3) is 0 Å². The molecule has 4 nitrogen and oxygen atoms in total. The lowest BCUT2D eigenvalue weighted by Crippen LogP contribution is -2.47. The molecular weight excluding hydrogens is 260 g/mol. The highest BCUT2D eigenvalue weighted by molar-refractivity contribution is 5.32. The number of fused-ring (bicyclic) bond motifs is 1. The summed E-state index contributed by atoms with van der Waals surface area (Å²) >= 11 is 0. The summed E-state index contributed by atoms with van der Waals surface area (Å²) in [5.74, 6) is 1.58. The van der Waals surface area contributed by atoms with Gasteiger partial charge in [-0.3, -0.25) is 0 Å². The van der Waals surface area contributed by atoms with E-state index in [0.717, 1.165) is 38.1 Å². The average molecular weight is 284 g/mol. The van der Waals surface area contributed by atoms with E-state index in [4.69, 9.17) is 5.73 Å². The van der Waals surface area contributed by atoms with Crippen molar-refractivity contribution in [2.45, 2.75) is 51.6 Å². The Morgan fingerprint density at radius 1 is 1.29 bits per heavy atom. The Morgan fingerprint density at radius 2 is 2.05 bits per heavy atom. The molecule has 3 rings (SSSR count). The molecule has 1 heterocycles. The van der Waals surface area contributed by atoms with Crippen LogP contribution in [0, 0.1) is 5.92 Å². The minimum atomic E-state index is -0.198. The summed E-state index contributed by atoms with van der Waals surface area (Å²) in [5.41, 5.74) is 9.32. The van der Waals surface area contributed by atoms with Crippen LogP contribution >= 0.6 is 0 Å². The first kappa shape index (κ1) is 14.3. The monoisotopic (exact) mass is 284 g/mol. The van der Waals surface area contributed by atoms with E-state index in [1.807, 2.05) is 4.68 Å². The highest BCUT2D eigenvalue weighted by Crippen LogP contribution is 2.29. The molecule has 0 bridgehead atoms. The Labute approximate surface area is 126 Å². The molecular formula is C17H24N4. The molecule has 21 heavy (non-hydrogen) atoms. The molecule has 0 fully saturated rings. The van der Waals surface area contributed by atoms with Crippen molar-refractivity contribution in [1.29, 1.82) is 0 Å². The largest absolute Gasteiger partial charge is 0.324 e. The van der Waals surface area contributed by atoms with Crippen molar-refractivity contribution < 1.29 is 0 Å². The molecule has 0 saturated heterocycles. The van der Waals surface area contributed by atoms with Crippen molar-refractivity contribution in [3.8, 4) is 0 Å². The number of benzene rings is 1. The molecule has 1 atom stereocenters. The maximum Gasteiger partial charge on any atom is 0.138 e. The van der Waals surface area contributed by atoms with E-state index in [1.54, 1.807) is 6.33 Å². The van der Waals surface area contributed by atoms with Gasteiger partial charge in [0.1, 0.15) is 12.2 Å². The van der Waals surface area contributed by atoms with Crippen molar-refractivity contribution in [2.24, 2.45) is 11.7 Å². The van der Waals surface area contributed by atoms with Crippen molar-refractivity contribution in [2.75, 3.05) is 0 Å². The van der Waals surface area contributed by atoms with Crippen molar-refractivity contribution in [3.63, 3.8) is 0 Å². The fourth-order valence-corrected chi connectivity index (χ4v) is 3.21. The molecule has 2 aromatic rings. The second-order valence-corrected chi connectivity index (χ2v) is 6.74. The van der Waals surface area contributed by atoms with E-state index >= 15 is 0 Å². The highest BCUT2D eigenvalue weighted by Gasteiger charge is 2.32. The molecule has 4 heteroatoms. The molecule has 2 N–H and O–H groups in total. The van der Waals surface area contributed by atoms with Crippen LogP contribution in [-0.4, -0.2) is 20.3 Å². The molecule has 0 radical (unpaired) electrons. The SMILES string of the molecule is CC(C)Cn1ncnc1CC1(N)CCc2ccccc2C1. The van der Waals surface area contributed by atoms with Gasteiger partial charge < -0.3 is 5.73 Å². The van der Waals surface area contributed by atoms with Crippen LogP contribution in [0.3, 0.4) is 0 Å². The highest BCUT2D eigenvalue weighted by atomic mass is 15.3. The second-order valence-electron chi connectivity index (χ2n) is 6.74. The first-order valence-corrected chi connectivity index (χ1v) is 7.78. The molecule has 0 saturated carbocycles. The predicted molar refractivity (Wildman–Crippen MR) is 83.9 cm³/mol. The molecule has 1 aromatic heterocycles. The number of rotatable bonds is 4. The standard InChI is InChI=1S/C17H24N4/c1-13(2)11-21-16(19-12-20-21)10-17(18)8-7-14-5-3-4-6-15(14)9-17/h3-6,12-13H,7-11,18H2,1-2H3. The van der Waals surface area contributed by atoms with Gasteiger partial charge in [-0.25, -0.2) is 9.67 Å². The van der Waals surface area contributed by atoms with Gasteiger partial charge in [0.25, 0.3) is 0 Å². The molecule has 112 valence electrons. The van der Waals surface area contributed by atoms with Crippen LogP contribution in [-0.2, 0) is 25.8 Å². The van der Waals surface area contributed by atoms with E-state index in [9.17, 15) is 0 Å². The fourth-order valence-electron chi connectivity index (χ4n) is 3.21. The maximum absolute atomic E-state index is 6.68. The normalized spacial score (nSPS) is 21.5. The molecule has 1 aliphatic carbocycles. The summed E-state index contributed by atoms with van der Waals surface area (Å²) in [4.78, 5) is 4.44.